The number of sulfonamides is 1. The van der Waals surface area contributed by atoms with E-state index in [1.807, 2.05) is 0 Å². The van der Waals surface area contributed by atoms with Crippen LogP contribution < -0.4 is 10.2 Å². The highest BCUT2D eigenvalue weighted by Crippen LogP contribution is 2.22. The van der Waals surface area contributed by atoms with Crippen molar-refractivity contribution in [1.82, 2.24) is 9.21 Å². The molecule has 1 fully saturated rings. The first-order valence-electron chi connectivity index (χ1n) is 10.4. The van der Waals surface area contributed by atoms with Crippen LogP contribution in [-0.4, -0.2) is 50.1 Å². The van der Waals surface area contributed by atoms with Crippen LogP contribution in [0.4, 0.5) is 0 Å². The van der Waals surface area contributed by atoms with E-state index < -0.39 is 10.0 Å². The zero-order valence-electron chi connectivity index (χ0n) is 17.2. The van der Waals surface area contributed by atoms with Crippen LogP contribution in [0.2, 0.25) is 0 Å². The Bertz CT molecular complexity index is 1040. The number of benzene rings is 1. The van der Waals surface area contributed by atoms with E-state index in [1.54, 1.807) is 0 Å². The summed E-state index contributed by atoms with van der Waals surface area (Å²) < 4.78 is 36.0. The smallest absolute Gasteiger partial charge is 0.227 e. The fraction of sp³-hybridized carbons (Fsp3) is 0.500. The normalized spacial score (nSPS) is 18.8. The Balaban J connectivity index is 1.29. The lowest BCUT2D eigenvalue weighted by atomic mass is 9.99. The molecule has 8 heteroatoms. The molecule has 7 nitrogen and oxygen atoms in total. The minimum Gasteiger partial charge on any atom is -0.486 e. The van der Waals surface area contributed by atoms with Gasteiger partial charge in [-0.25, -0.2) is 12.7 Å². The Labute approximate surface area is 177 Å². The highest BCUT2D eigenvalue weighted by molar-refractivity contribution is 7.88. The van der Waals surface area contributed by atoms with Crippen molar-refractivity contribution in [3.8, 4) is 5.75 Å². The van der Waals surface area contributed by atoms with E-state index in [2.05, 4.69) is 29.2 Å². The van der Waals surface area contributed by atoms with Crippen LogP contribution in [0.5, 0.6) is 5.75 Å². The predicted octanol–water partition coefficient (Wildman–Crippen LogP) is 2.25. The van der Waals surface area contributed by atoms with Crippen LogP contribution in [-0.2, 0) is 29.5 Å². The van der Waals surface area contributed by atoms with Crippen molar-refractivity contribution in [3.05, 3.63) is 63.7 Å². The second-order valence-electron chi connectivity index (χ2n) is 8.22. The van der Waals surface area contributed by atoms with Crippen molar-refractivity contribution in [3.63, 3.8) is 0 Å². The molecule has 1 aromatic heterocycles. The largest absolute Gasteiger partial charge is 0.486 e. The van der Waals surface area contributed by atoms with E-state index in [0.717, 1.165) is 32.4 Å². The molecule has 2 aromatic rings. The molecular weight excluding hydrogens is 404 g/mol. The lowest BCUT2D eigenvalue weighted by molar-refractivity contribution is 0.179. The average Bonchev–Trinajstić information content (AvgIpc) is 2.73. The molecule has 3 heterocycles. The highest BCUT2D eigenvalue weighted by atomic mass is 32.2. The first-order valence-corrected chi connectivity index (χ1v) is 12.2. The molecule has 1 saturated heterocycles. The molecule has 0 unspecified atom stereocenters. The number of hydrogen-bond acceptors (Lipinski definition) is 6. The molecule has 2 aliphatic heterocycles. The molecule has 30 heavy (non-hydrogen) atoms. The van der Waals surface area contributed by atoms with Gasteiger partial charge < -0.3 is 9.15 Å². The second-order valence-corrected chi connectivity index (χ2v) is 10.2. The molecule has 0 N–H and O–H groups in total. The first-order chi connectivity index (χ1) is 14.4. The molecule has 162 valence electrons. The van der Waals surface area contributed by atoms with Gasteiger partial charge in [0.05, 0.1) is 19.4 Å². The first kappa shape index (κ1) is 21.1. The molecule has 2 aliphatic rings. The Hall–Kier alpha value is -2.16. The zero-order valence-corrected chi connectivity index (χ0v) is 18.1. The maximum atomic E-state index is 12.4. The highest BCUT2D eigenvalue weighted by Gasteiger charge is 2.25. The van der Waals surface area contributed by atoms with Crippen LogP contribution >= 0.6 is 0 Å². The van der Waals surface area contributed by atoms with E-state index in [0.29, 0.717) is 32.0 Å². The van der Waals surface area contributed by atoms with Gasteiger partial charge in [-0.05, 0) is 36.3 Å². The van der Waals surface area contributed by atoms with Crippen molar-refractivity contribution in [2.45, 2.75) is 32.4 Å². The monoisotopic (exact) mass is 432 g/mol. The van der Waals surface area contributed by atoms with E-state index in [-0.39, 0.29) is 17.1 Å². The van der Waals surface area contributed by atoms with E-state index in [4.69, 9.17) is 9.15 Å². The lowest BCUT2D eigenvalue weighted by Gasteiger charge is -2.29. The predicted molar refractivity (Wildman–Crippen MR) is 114 cm³/mol. The van der Waals surface area contributed by atoms with Crippen LogP contribution in [0, 0.1) is 5.92 Å². The van der Waals surface area contributed by atoms with Gasteiger partial charge in [0.1, 0.15) is 12.0 Å². The maximum Gasteiger partial charge on any atom is 0.227 e. The van der Waals surface area contributed by atoms with Crippen LogP contribution in [0.25, 0.3) is 0 Å². The number of hydrogen-bond donors (Lipinski definition) is 0. The van der Waals surface area contributed by atoms with Gasteiger partial charge in [0.25, 0.3) is 0 Å². The van der Waals surface area contributed by atoms with E-state index in [1.165, 1.54) is 34.0 Å². The van der Waals surface area contributed by atoms with Crippen molar-refractivity contribution in [2.24, 2.45) is 5.92 Å². The lowest BCUT2D eigenvalue weighted by Crippen LogP contribution is -2.39. The van der Waals surface area contributed by atoms with Crippen molar-refractivity contribution < 1.29 is 17.6 Å². The van der Waals surface area contributed by atoms with Crippen LogP contribution in [0.1, 0.15) is 29.7 Å². The summed E-state index contributed by atoms with van der Waals surface area (Å²) >= 11 is 0. The SMILES string of the molecule is CS(=O)(=O)N1CCC(COc2coc(CN3CCc4ccccc4C3)cc2=O)CC1. The van der Waals surface area contributed by atoms with Crippen LogP contribution in [0.3, 0.4) is 0 Å². The average molecular weight is 433 g/mol. The minimum atomic E-state index is -3.13. The molecule has 0 bridgehead atoms. The van der Waals surface area contributed by atoms with E-state index in [9.17, 15) is 13.2 Å². The Morgan fingerprint density at radius 1 is 1.13 bits per heavy atom. The summed E-state index contributed by atoms with van der Waals surface area (Å²) in [5.74, 6) is 1.08. The van der Waals surface area contributed by atoms with Gasteiger partial charge in [-0.3, -0.25) is 9.69 Å². The summed E-state index contributed by atoms with van der Waals surface area (Å²) in [6, 6.07) is 9.96. The van der Waals surface area contributed by atoms with E-state index >= 15 is 0 Å². The third kappa shape index (κ3) is 5.11. The quantitative estimate of drug-likeness (QED) is 0.697. The number of fused-ring (bicyclic) bond motifs is 1. The van der Waals surface area contributed by atoms with Gasteiger partial charge in [0.2, 0.25) is 21.2 Å². The Morgan fingerprint density at radius 2 is 1.87 bits per heavy atom. The number of rotatable bonds is 6. The fourth-order valence-corrected chi connectivity index (χ4v) is 5.03. The maximum absolute atomic E-state index is 12.4. The molecule has 0 spiro atoms. The van der Waals surface area contributed by atoms with Gasteiger partial charge in [-0.2, -0.15) is 0 Å². The summed E-state index contributed by atoms with van der Waals surface area (Å²) in [4.78, 5) is 14.7. The van der Waals surface area contributed by atoms with Gasteiger partial charge in [-0.1, -0.05) is 24.3 Å². The fourth-order valence-electron chi connectivity index (χ4n) is 4.15. The summed E-state index contributed by atoms with van der Waals surface area (Å²) in [5, 5.41) is 0. The standard InChI is InChI=1S/C22H28N2O5S/c1-30(26,27)24-10-6-17(7-11-24)15-29-22-16-28-20(12-21(22)25)14-23-9-8-18-4-2-3-5-19(18)13-23/h2-5,12,16-17H,6-11,13-15H2,1H3. The van der Waals surface area contributed by atoms with Gasteiger partial charge in [0, 0.05) is 32.2 Å². The summed E-state index contributed by atoms with van der Waals surface area (Å²) in [7, 11) is -3.13. The summed E-state index contributed by atoms with van der Waals surface area (Å²) in [6.07, 6.45) is 5.10. The second kappa shape index (κ2) is 8.91. The number of piperidine rings is 1. The van der Waals surface area contributed by atoms with Gasteiger partial charge >= 0.3 is 0 Å². The summed E-state index contributed by atoms with van der Waals surface area (Å²) in [5.41, 5.74) is 2.54. The van der Waals surface area contributed by atoms with Gasteiger partial charge in [-0.15, -0.1) is 0 Å². The summed E-state index contributed by atoms with van der Waals surface area (Å²) in [6.45, 7) is 3.77. The third-order valence-corrected chi connectivity index (χ3v) is 7.26. The topological polar surface area (TPSA) is 80.1 Å². The minimum absolute atomic E-state index is 0.178. The number of nitrogens with zero attached hydrogens (tertiary/aromatic N) is 2. The molecule has 0 radical (unpaired) electrons. The van der Waals surface area contributed by atoms with Crippen LogP contribution in [0.15, 0.2) is 45.8 Å². The zero-order chi connectivity index (χ0) is 21.1. The molecule has 0 saturated carbocycles. The molecule has 0 atom stereocenters. The third-order valence-electron chi connectivity index (χ3n) is 5.96. The van der Waals surface area contributed by atoms with Gasteiger partial charge in [0.15, 0.2) is 0 Å². The molecule has 1 aromatic carbocycles. The molecule has 0 aliphatic carbocycles. The van der Waals surface area contributed by atoms with Crippen molar-refractivity contribution >= 4 is 10.0 Å². The molecule has 0 amide bonds. The molecular formula is C22H28N2O5S. The number of ether oxygens (including phenoxy) is 1. The van der Waals surface area contributed by atoms with Crippen molar-refractivity contribution in [2.75, 3.05) is 32.5 Å². The molecule has 4 rings (SSSR count). The Morgan fingerprint density at radius 3 is 2.57 bits per heavy atom. The van der Waals surface area contributed by atoms with Crippen molar-refractivity contribution in [1.29, 1.82) is 0 Å². The Kier molecular flexibility index (Phi) is 6.26.